The zero-order chi connectivity index (χ0) is 9.84. The number of hydrogen-bond donors (Lipinski definition) is 2. The number of carbonyl (C=O) groups is 1. The maximum atomic E-state index is 11.1. The largest absolute Gasteiger partial charge is 0.383 e. The Morgan fingerprint density at radius 3 is 3.00 bits per heavy atom. The molecule has 5 nitrogen and oxygen atoms in total. The Kier molecular flexibility index (Phi) is 3.02. The van der Waals surface area contributed by atoms with E-state index in [2.05, 4.69) is 10.5 Å². The quantitative estimate of drug-likeness (QED) is 0.724. The van der Waals surface area contributed by atoms with Crippen molar-refractivity contribution < 1.29 is 14.4 Å². The summed E-state index contributed by atoms with van der Waals surface area (Å²) in [6.07, 6.45) is -0.621. The fraction of sp³-hybridized carbons (Fsp3) is 0.500. The molecular weight excluding hydrogens is 172 g/mol. The average Bonchev–Trinajstić information content (AvgIpc) is 2.49. The molecule has 0 aliphatic heterocycles. The molecule has 5 heteroatoms. The van der Waals surface area contributed by atoms with Gasteiger partial charge in [-0.1, -0.05) is 12.1 Å². The van der Waals surface area contributed by atoms with Gasteiger partial charge in [0.2, 0.25) is 5.88 Å². The molecule has 1 rings (SSSR count). The summed E-state index contributed by atoms with van der Waals surface area (Å²) in [6.45, 7) is 3.46. The molecule has 0 saturated heterocycles. The molecule has 1 aromatic rings. The second-order valence-electron chi connectivity index (χ2n) is 2.75. The van der Waals surface area contributed by atoms with Crippen LogP contribution in [-0.2, 0) is 4.79 Å². The summed E-state index contributed by atoms with van der Waals surface area (Å²) in [5, 5.41) is 15.1. The van der Waals surface area contributed by atoms with Crippen molar-refractivity contribution in [3.8, 4) is 0 Å². The molecule has 0 aliphatic rings. The van der Waals surface area contributed by atoms with Gasteiger partial charge in [-0.2, -0.15) is 0 Å². The van der Waals surface area contributed by atoms with E-state index in [1.54, 1.807) is 19.9 Å². The number of carbonyl (C=O) groups excluding carboxylic acids is 1. The number of hydrogen-bond acceptors (Lipinski definition) is 4. The standard InChI is InChI=1S/C8H12N2O3/c1-3-6(11)8(12)9-7-4-5(2)10-13-7/h4,6,11H,3H2,1-2H3,(H,9,12). The smallest absolute Gasteiger partial charge is 0.255 e. The topological polar surface area (TPSA) is 75.4 Å². The SMILES string of the molecule is CCC(O)C(=O)Nc1cc(C)no1. The lowest BCUT2D eigenvalue weighted by atomic mass is 10.2. The number of rotatable bonds is 3. The first kappa shape index (κ1) is 9.73. The minimum absolute atomic E-state index is 0.259. The van der Waals surface area contributed by atoms with E-state index in [4.69, 9.17) is 9.63 Å². The van der Waals surface area contributed by atoms with Crippen molar-refractivity contribution in [3.05, 3.63) is 11.8 Å². The number of aliphatic hydroxyl groups is 1. The molecule has 0 aromatic carbocycles. The first-order valence-electron chi connectivity index (χ1n) is 4.05. The maximum absolute atomic E-state index is 11.1. The van der Waals surface area contributed by atoms with Crippen LogP contribution in [0.4, 0.5) is 5.88 Å². The Balaban J connectivity index is 2.54. The van der Waals surface area contributed by atoms with Crippen LogP contribution in [0, 0.1) is 6.92 Å². The molecule has 0 fully saturated rings. The van der Waals surface area contributed by atoms with Gasteiger partial charge < -0.3 is 9.63 Å². The van der Waals surface area contributed by atoms with Gasteiger partial charge in [0.15, 0.2) is 0 Å². The molecular formula is C8H12N2O3. The molecule has 1 amide bonds. The predicted octanol–water partition coefficient (Wildman–Crippen LogP) is 0.692. The molecule has 0 radical (unpaired) electrons. The first-order valence-corrected chi connectivity index (χ1v) is 4.05. The highest BCUT2D eigenvalue weighted by atomic mass is 16.5. The van der Waals surface area contributed by atoms with E-state index < -0.39 is 12.0 Å². The molecule has 2 N–H and O–H groups in total. The fourth-order valence-corrected chi connectivity index (χ4v) is 0.813. The Morgan fingerprint density at radius 2 is 2.54 bits per heavy atom. The highest BCUT2D eigenvalue weighted by Gasteiger charge is 2.14. The molecule has 1 unspecified atom stereocenters. The van der Waals surface area contributed by atoms with Crippen molar-refractivity contribution in [2.75, 3.05) is 5.32 Å². The van der Waals surface area contributed by atoms with E-state index in [-0.39, 0.29) is 5.88 Å². The minimum atomic E-state index is -0.995. The normalized spacial score (nSPS) is 12.5. The Labute approximate surface area is 75.7 Å². The predicted molar refractivity (Wildman–Crippen MR) is 46.2 cm³/mol. The van der Waals surface area contributed by atoms with Gasteiger partial charge in [-0.15, -0.1) is 0 Å². The average molecular weight is 184 g/mol. The molecule has 1 heterocycles. The van der Waals surface area contributed by atoms with Crippen LogP contribution in [0.2, 0.25) is 0 Å². The van der Waals surface area contributed by atoms with Crippen molar-refractivity contribution in [2.45, 2.75) is 26.4 Å². The number of aryl methyl sites for hydroxylation is 1. The number of nitrogens with one attached hydrogen (secondary N) is 1. The van der Waals surface area contributed by atoms with Crippen molar-refractivity contribution in [3.63, 3.8) is 0 Å². The number of aromatic nitrogens is 1. The molecule has 1 atom stereocenters. The van der Waals surface area contributed by atoms with Crippen molar-refractivity contribution in [1.82, 2.24) is 5.16 Å². The van der Waals surface area contributed by atoms with Crippen molar-refractivity contribution >= 4 is 11.8 Å². The minimum Gasteiger partial charge on any atom is -0.383 e. The summed E-state index contributed by atoms with van der Waals surface area (Å²) in [5.41, 5.74) is 0.682. The number of amides is 1. The Morgan fingerprint density at radius 1 is 1.85 bits per heavy atom. The summed E-state index contributed by atoms with van der Waals surface area (Å²) in [7, 11) is 0. The van der Waals surface area contributed by atoms with Gasteiger partial charge in [-0.05, 0) is 13.3 Å². The van der Waals surface area contributed by atoms with E-state index in [0.717, 1.165) is 0 Å². The van der Waals surface area contributed by atoms with Gasteiger partial charge >= 0.3 is 0 Å². The van der Waals surface area contributed by atoms with E-state index in [0.29, 0.717) is 12.1 Å². The van der Waals surface area contributed by atoms with Crippen LogP contribution >= 0.6 is 0 Å². The summed E-state index contributed by atoms with van der Waals surface area (Å²) in [5.74, 6) is -0.214. The maximum Gasteiger partial charge on any atom is 0.255 e. The van der Waals surface area contributed by atoms with Gasteiger partial charge in [0.25, 0.3) is 5.91 Å². The molecule has 72 valence electrons. The van der Waals surface area contributed by atoms with Crippen LogP contribution in [0.5, 0.6) is 0 Å². The Bertz CT molecular complexity index is 295. The Hall–Kier alpha value is -1.36. The second kappa shape index (κ2) is 4.04. The van der Waals surface area contributed by atoms with Crippen LogP contribution < -0.4 is 5.32 Å². The highest BCUT2D eigenvalue weighted by molar-refractivity contribution is 5.92. The van der Waals surface area contributed by atoms with Gasteiger partial charge in [-0.3, -0.25) is 10.1 Å². The number of nitrogens with zero attached hydrogens (tertiary/aromatic N) is 1. The van der Waals surface area contributed by atoms with E-state index >= 15 is 0 Å². The number of aliphatic hydroxyl groups excluding tert-OH is 1. The van der Waals surface area contributed by atoms with E-state index in [1.165, 1.54) is 0 Å². The zero-order valence-electron chi connectivity index (χ0n) is 7.57. The molecule has 1 aromatic heterocycles. The van der Waals surface area contributed by atoms with Gasteiger partial charge in [-0.25, -0.2) is 0 Å². The molecule has 0 aliphatic carbocycles. The van der Waals surface area contributed by atoms with Crippen LogP contribution in [0.25, 0.3) is 0 Å². The molecule has 13 heavy (non-hydrogen) atoms. The van der Waals surface area contributed by atoms with Crippen molar-refractivity contribution in [2.24, 2.45) is 0 Å². The fourth-order valence-electron chi connectivity index (χ4n) is 0.813. The third-order valence-electron chi connectivity index (χ3n) is 1.56. The third kappa shape index (κ3) is 2.55. The monoisotopic (exact) mass is 184 g/mol. The first-order chi connectivity index (χ1) is 6.13. The van der Waals surface area contributed by atoms with E-state index in [9.17, 15) is 4.79 Å². The van der Waals surface area contributed by atoms with E-state index in [1.807, 2.05) is 0 Å². The van der Waals surface area contributed by atoms with Crippen LogP contribution in [0.1, 0.15) is 19.0 Å². The highest BCUT2D eigenvalue weighted by Crippen LogP contribution is 2.08. The van der Waals surface area contributed by atoms with Gasteiger partial charge in [0, 0.05) is 6.07 Å². The molecule has 0 bridgehead atoms. The van der Waals surface area contributed by atoms with Crippen LogP contribution in [0.15, 0.2) is 10.6 Å². The number of anilines is 1. The lowest BCUT2D eigenvalue weighted by molar-refractivity contribution is -0.124. The summed E-state index contributed by atoms with van der Waals surface area (Å²) >= 11 is 0. The van der Waals surface area contributed by atoms with Gasteiger partial charge in [0.1, 0.15) is 6.10 Å². The lowest BCUT2D eigenvalue weighted by Gasteiger charge is -2.05. The summed E-state index contributed by atoms with van der Waals surface area (Å²) in [6, 6.07) is 1.58. The molecule has 0 saturated carbocycles. The van der Waals surface area contributed by atoms with Crippen molar-refractivity contribution in [1.29, 1.82) is 0 Å². The summed E-state index contributed by atoms with van der Waals surface area (Å²) in [4.78, 5) is 11.1. The summed E-state index contributed by atoms with van der Waals surface area (Å²) < 4.78 is 4.74. The van der Waals surface area contributed by atoms with Crippen LogP contribution in [0.3, 0.4) is 0 Å². The van der Waals surface area contributed by atoms with Crippen LogP contribution in [-0.4, -0.2) is 22.3 Å². The second-order valence-corrected chi connectivity index (χ2v) is 2.75. The zero-order valence-corrected chi connectivity index (χ0v) is 7.57. The van der Waals surface area contributed by atoms with Gasteiger partial charge in [0.05, 0.1) is 5.69 Å². The lowest BCUT2D eigenvalue weighted by Crippen LogP contribution is -2.26. The molecule has 0 spiro atoms. The third-order valence-corrected chi connectivity index (χ3v) is 1.56.